The minimum atomic E-state index is 0. The summed E-state index contributed by atoms with van der Waals surface area (Å²) in [5.41, 5.74) is 0.638. The molecule has 26 heavy (non-hydrogen) atoms. The van der Waals surface area contributed by atoms with Crippen molar-refractivity contribution in [3.05, 3.63) is 29.8 Å². The zero-order chi connectivity index (χ0) is 17.8. The molecule has 5 nitrogen and oxygen atoms in total. The number of Topliss-reactive ketones (excluding diaryl/α,β-unsaturated/α-hetero) is 1. The molecule has 0 aromatic heterocycles. The molecule has 2 unspecified atom stereocenters. The third kappa shape index (κ3) is 4.98. The number of carbonyl (C=O) groups is 2. The monoisotopic (exact) mass is 380 g/mol. The van der Waals surface area contributed by atoms with Gasteiger partial charge in [0.05, 0.1) is 6.61 Å². The molecule has 2 atom stereocenters. The molecule has 2 saturated heterocycles. The number of carbonyl (C=O) groups excluding carboxylic acids is 2. The molecule has 0 radical (unpaired) electrons. The second kappa shape index (κ2) is 9.38. The van der Waals surface area contributed by atoms with Gasteiger partial charge in [-0.15, -0.1) is 12.4 Å². The minimum absolute atomic E-state index is 0. The molecule has 144 valence electrons. The van der Waals surface area contributed by atoms with Gasteiger partial charge in [-0.3, -0.25) is 9.59 Å². The summed E-state index contributed by atoms with van der Waals surface area (Å²) in [6.45, 7) is 2.53. The molecule has 1 aromatic rings. The number of halogens is 1. The number of nitrogens with zero attached hydrogens (tertiary/aromatic N) is 1. The molecule has 1 aromatic carbocycles. The van der Waals surface area contributed by atoms with Crippen molar-refractivity contribution >= 4 is 24.1 Å². The first-order chi connectivity index (χ1) is 12.1. The highest BCUT2D eigenvalue weighted by Crippen LogP contribution is 2.29. The Balaban J connectivity index is 0.00000243. The van der Waals surface area contributed by atoms with Gasteiger partial charge in [-0.1, -0.05) is 0 Å². The Hall–Kier alpha value is -1.59. The lowest BCUT2D eigenvalue weighted by Crippen LogP contribution is -2.48. The predicted octanol–water partition coefficient (Wildman–Crippen LogP) is 3.21. The first-order valence-electron chi connectivity index (χ1n) is 9.34. The second-order valence-corrected chi connectivity index (χ2v) is 7.15. The van der Waals surface area contributed by atoms with Gasteiger partial charge in [0.15, 0.2) is 5.78 Å². The lowest BCUT2D eigenvalue weighted by Gasteiger charge is -2.35. The van der Waals surface area contributed by atoms with Gasteiger partial charge in [-0.25, -0.2) is 0 Å². The van der Waals surface area contributed by atoms with Crippen LogP contribution in [0, 0.1) is 0 Å². The average Bonchev–Trinajstić information content (AvgIpc) is 2.97. The molecule has 2 fully saturated rings. The maximum Gasteiger partial charge on any atom is 0.223 e. The van der Waals surface area contributed by atoms with Crippen LogP contribution in [0.15, 0.2) is 24.3 Å². The van der Waals surface area contributed by atoms with Crippen molar-refractivity contribution in [3.8, 4) is 5.75 Å². The molecule has 2 aliphatic rings. The molecule has 1 amide bonds. The molecular weight excluding hydrogens is 352 g/mol. The van der Waals surface area contributed by atoms with Crippen molar-refractivity contribution in [2.75, 3.05) is 13.7 Å². The van der Waals surface area contributed by atoms with E-state index in [1.165, 1.54) is 12.8 Å². The Morgan fingerprint density at radius 2 is 1.73 bits per heavy atom. The Bertz CT molecular complexity index is 608. The largest absolute Gasteiger partial charge is 0.494 e. The summed E-state index contributed by atoms with van der Waals surface area (Å²) in [5.74, 6) is 0.844. The molecule has 0 aliphatic carbocycles. The van der Waals surface area contributed by atoms with Crippen LogP contribution in [0.3, 0.4) is 0 Å². The van der Waals surface area contributed by atoms with Crippen molar-refractivity contribution in [2.45, 2.75) is 63.6 Å². The van der Waals surface area contributed by atoms with Crippen LogP contribution in [-0.2, 0) is 4.79 Å². The number of piperidine rings is 1. The zero-order valence-corrected chi connectivity index (χ0v) is 16.4. The van der Waals surface area contributed by atoms with E-state index < -0.39 is 0 Å². The van der Waals surface area contributed by atoms with Crippen molar-refractivity contribution in [1.29, 1.82) is 0 Å². The van der Waals surface area contributed by atoms with Crippen molar-refractivity contribution < 1.29 is 14.3 Å². The van der Waals surface area contributed by atoms with Gasteiger partial charge in [0, 0.05) is 43.6 Å². The van der Waals surface area contributed by atoms with Crippen LogP contribution in [0.1, 0.15) is 55.8 Å². The van der Waals surface area contributed by atoms with E-state index in [4.69, 9.17) is 4.74 Å². The van der Waals surface area contributed by atoms with Crippen molar-refractivity contribution in [1.82, 2.24) is 10.2 Å². The first-order valence-corrected chi connectivity index (χ1v) is 9.34. The van der Waals surface area contributed by atoms with Crippen LogP contribution in [0.2, 0.25) is 0 Å². The van der Waals surface area contributed by atoms with E-state index in [9.17, 15) is 9.59 Å². The number of ketones is 1. The number of amides is 1. The molecule has 0 spiro atoms. The van der Waals surface area contributed by atoms with E-state index in [1.807, 2.05) is 18.9 Å². The smallest absolute Gasteiger partial charge is 0.223 e. The molecule has 2 bridgehead atoms. The highest BCUT2D eigenvalue weighted by molar-refractivity contribution is 5.98. The third-order valence-corrected chi connectivity index (χ3v) is 5.44. The van der Waals surface area contributed by atoms with E-state index in [2.05, 4.69) is 5.32 Å². The Labute approximate surface area is 161 Å². The van der Waals surface area contributed by atoms with Crippen LogP contribution in [0.25, 0.3) is 0 Å². The van der Waals surface area contributed by atoms with Crippen LogP contribution in [-0.4, -0.2) is 48.4 Å². The summed E-state index contributed by atoms with van der Waals surface area (Å²) >= 11 is 0. The zero-order valence-electron chi connectivity index (χ0n) is 15.6. The fourth-order valence-electron chi connectivity index (χ4n) is 3.99. The maximum absolute atomic E-state index is 12.5. The summed E-state index contributed by atoms with van der Waals surface area (Å²) in [6.07, 6.45) is 5.05. The molecular formula is C20H29ClN2O3. The molecule has 1 N–H and O–H groups in total. The number of benzene rings is 1. The summed E-state index contributed by atoms with van der Waals surface area (Å²) in [5, 5.41) is 3.60. The number of hydrogen-bond acceptors (Lipinski definition) is 4. The average molecular weight is 381 g/mol. The van der Waals surface area contributed by atoms with Gasteiger partial charge in [0.25, 0.3) is 0 Å². The van der Waals surface area contributed by atoms with Crippen molar-refractivity contribution in [3.63, 3.8) is 0 Å². The highest BCUT2D eigenvalue weighted by atomic mass is 35.5. The second-order valence-electron chi connectivity index (χ2n) is 7.15. The van der Waals surface area contributed by atoms with E-state index in [-0.39, 0.29) is 36.9 Å². The number of hydrogen-bond donors (Lipinski definition) is 1. The van der Waals surface area contributed by atoms with Crippen molar-refractivity contribution in [2.24, 2.45) is 0 Å². The fraction of sp³-hybridized carbons (Fsp3) is 0.600. The van der Waals surface area contributed by atoms with Crippen LogP contribution in [0.4, 0.5) is 0 Å². The fourth-order valence-corrected chi connectivity index (χ4v) is 3.99. The van der Waals surface area contributed by atoms with Gasteiger partial charge >= 0.3 is 0 Å². The molecule has 3 rings (SSSR count). The quantitative estimate of drug-likeness (QED) is 0.738. The minimum Gasteiger partial charge on any atom is -0.494 e. The number of nitrogens with one attached hydrogen (secondary N) is 1. The van der Waals surface area contributed by atoms with Gasteiger partial charge < -0.3 is 15.0 Å². The van der Waals surface area contributed by atoms with Crippen LogP contribution < -0.4 is 10.1 Å². The first kappa shape index (κ1) is 20.7. The van der Waals surface area contributed by atoms with E-state index in [1.54, 1.807) is 24.3 Å². The van der Waals surface area contributed by atoms with Gasteiger partial charge in [0.2, 0.25) is 5.91 Å². The van der Waals surface area contributed by atoms with Crippen LogP contribution in [0.5, 0.6) is 5.75 Å². The summed E-state index contributed by atoms with van der Waals surface area (Å²) in [4.78, 5) is 26.7. The molecule has 6 heteroatoms. The SMILES string of the molecule is CCOc1ccc(C(=O)CCC(=O)N(C)C2CC3CCC(C2)N3)cc1.Cl. The topological polar surface area (TPSA) is 58.6 Å². The predicted molar refractivity (Wildman–Crippen MR) is 104 cm³/mol. The lowest BCUT2D eigenvalue weighted by atomic mass is 9.98. The third-order valence-electron chi connectivity index (χ3n) is 5.44. The number of rotatable bonds is 7. The van der Waals surface area contributed by atoms with Gasteiger partial charge in [-0.2, -0.15) is 0 Å². The lowest BCUT2D eigenvalue weighted by molar-refractivity contribution is -0.132. The highest BCUT2D eigenvalue weighted by Gasteiger charge is 2.36. The Morgan fingerprint density at radius 3 is 2.31 bits per heavy atom. The molecule has 0 saturated carbocycles. The van der Waals surface area contributed by atoms with Gasteiger partial charge in [-0.05, 0) is 56.9 Å². The summed E-state index contributed by atoms with van der Waals surface area (Å²) in [7, 11) is 1.89. The maximum atomic E-state index is 12.5. The Kier molecular flexibility index (Phi) is 7.47. The van der Waals surface area contributed by atoms with E-state index >= 15 is 0 Å². The molecule has 2 heterocycles. The van der Waals surface area contributed by atoms with E-state index in [0.717, 1.165) is 18.6 Å². The van der Waals surface area contributed by atoms with Gasteiger partial charge in [0.1, 0.15) is 5.75 Å². The summed E-state index contributed by atoms with van der Waals surface area (Å²) < 4.78 is 5.38. The van der Waals surface area contributed by atoms with E-state index in [0.29, 0.717) is 30.3 Å². The normalized spacial score (nSPS) is 23.8. The summed E-state index contributed by atoms with van der Waals surface area (Å²) in [6, 6.07) is 8.57. The van der Waals surface area contributed by atoms with Crippen LogP contribution >= 0.6 is 12.4 Å². The number of fused-ring (bicyclic) bond motifs is 2. The molecule has 2 aliphatic heterocycles. The number of ether oxygens (including phenoxy) is 1. The Morgan fingerprint density at radius 1 is 1.12 bits per heavy atom. The standard InChI is InChI=1S/C20H28N2O3.ClH/c1-3-25-18-8-4-14(5-9-18)19(23)10-11-20(24)22(2)17-12-15-6-7-16(13-17)21-15;/h4-5,8-9,15-17,21H,3,6-7,10-13H2,1-2H3;1H.